The fraction of sp³-hybridized carbons (Fsp3) is 0.286. The lowest BCUT2D eigenvalue weighted by Gasteiger charge is -2.35. The number of likely N-dealkylation sites (N-methyl/N-ethyl adjacent to an activating group) is 1. The minimum Gasteiger partial charge on any atom is -0.398 e. The lowest BCUT2D eigenvalue weighted by molar-refractivity contribution is -0.135. The number of benzene rings is 2. The number of piperidine rings is 1. The fourth-order valence-electron chi connectivity index (χ4n) is 4.27. The van der Waals surface area contributed by atoms with Gasteiger partial charge < -0.3 is 16.4 Å². The summed E-state index contributed by atoms with van der Waals surface area (Å²) in [5, 5.41) is 9.21. The maximum atomic E-state index is 12.6. The molecule has 0 saturated carbocycles. The second kappa shape index (κ2) is 13.1. The first-order chi connectivity index (χ1) is 17.7. The first kappa shape index (κ1) is 28.0. The number of likely N-dealkylation sites (tertiary alicyclic amines) is 1. The summed E-state index contributed by atoms with van der Waals surface area (Å²) >= 11 is 0. The highest BCUT2D eigenvalue weighted by atomic mass is 31.0. The summed E-state index contributed by atoms with van der Waals surface area (Å²) in [5.41, 5.74) is 14.3. The maximum absolute atomic E-state index is 12.6. The van der Waals surface area contributed by atoms with E-state index in [-0.39, 0.29) is 17.7 Å². The number of amides is 2. The molecule has 37 heavy (non-hydrogen) atoms. The summed E-state index contributed by atoms with van der Waals surface area (Å²) < 4.78 is 0. The average molecular weight is 519 g/mol. The third kappa shape index (κ3) is 7.21. The zero-order chi connectivity index (χ0) is 26.9. The van der Waals surface area contributed by atoms with Crippen LogP contribution in [0.5, 0.6) is 0 Å². The third-order valence-electron chi connectivity index (χ3n) is 6.30. The van der Waals surface area contributed by atoms with E-state index in [1.807, 2.05) is 26.2 Å². The topological polar surface area (TPSA) is 129 Å². The van der Waals surface area contributed by atoms with Gasteiger partial charge in [0.05, 0.1) is 5.71 Å². The lowest BCUT2D eigenvalue weighted by atomic mass is 9.99. The number of nitrogen functional groups attached to an aromatic ring is 1. The van der Waals surface area contributed by atoms with E-state index in [1.165, 1.54) is 25.3 Å². The summed E-state index contributed by atoms with van der Waals surface area (Å²) in [5.74, 6) is -0.365. The van der Waals surface area contributed by atoms with Crippen molar-refractivity contribution in [2.24, 2.45) is 5.73 Å². The molecule has 5 N–H and O–H groups in total. The Labute approximate surface area is 220 Å². The highest BCUT2D eigenvalue weighted by molar-refractivity contribution is 7.27. The highest BCUT2D eigenvalue weighted by Gasteiger charge is 2.30. The molecule has 2 unspecified atom stereocenters. The van der Waals surface area contributed by atoms with Crippen LogP contribution >= 0.6 is 9.24 Å². The number of pyridine rings is 1. The Morgan fingerprint density at radius 1 is 1.00 bits per heavy atom. The van der Waals surface area contributed by atoms with Crippen LogP contribution in [0.15, 0.2) is 67.0 Å². The molecule has 4 rings (SSSR count). The Kier molecular flexibility index (Phi) is 9.89. The van der Waals surface area contributed by atoms with Gasteiger partial charge in [0, 0.05) is 48.9 Å². The molecule has 0 aliphatic carbocycles. The average Bonchev–Trinajstić information content (AvgIpc) is 2.91. The third-order valence-corrected chi connectivity index (χ3v) is 6.82. The van der Waals surface area contributed by atoms with Crippen molar-refractivity contribution in [3.63, 3.8) is 0 Å². The Morgan fingerprint density at radius 2 is 1.65 bits per heavy atom. The number of nitrogens with one attached hydrogen (secondary N) is 1. The van der Waals surface area contributed by atoms with Crippen molar-refractivity contribution in [2.45, 2.75) is 25.3 Å². The highest BCUT2D eigenvalue weighted by Crippen LogP contribution is 2.26. The number of hydrogen-bond acceptors (Lipinski definition) is 6. The van der Waals surface area contributed by atoms with Crippen LogP contribution in [0.2, 0.25) is 0 Å². The van der Waals surface area contributed by atoms with Crippen LogP contribution in [-0.2, 0) is 4.79 Å². The van der Waals surface area contributed by atoms with Crippen molar-refractivity contribution < 1.29 is 9.59 Å². The van der Waals surface area contributed by atoms with Crippen molar-refractivity contribution >= 4 is 37.8 Å². The van der Waals surface area contributed by atoms with E-state index >= 15 is 0 Å². The van der Waals surface area contributed by atoms with Gasteiger partial charge in [0.25, 0.3) is 0 Å². The molecule has 1 aliphatic heterocycles. The summed E-state index contributed by atoms with van der Waals surface area (Å²) in [7, 11) is 6.43. The van der Waals surface area contributed by atoms with Crippen LogP contribution < -0.4 is 16.8 Å². The van der Waals surface area contributed by atoms with E-state index in [0.29, 0.717) is 22.4 Å². The molecule has 3 aromatic rings. The molecule has 2 heterocycles. The molecule has 8 nitrogen and oxygen atoms in total. The minimum absolute atomic E-state index is 0.135. The smallest absolute Gasteiger partial charge is 0.248 e. The minimum atomic E-state index is -0.543. The molecule has 0 spiro atoms. The number of rotatable bonds is 6. The normalized spacial score (nSPS) is 14.1. The SMILES string of the molecule is CN(C)C(=O)C(c1ccccc1P)N1CCCCC1.N=C(c1ccncc1)c1cc(C(N)=O)ccc1N. The summed E-state index contributed by atoms with van der Waals surface area (Å²) in [6.07, 6.45) is 6.85. The molecule has 9 heteroatoms. The van der Waals surface area contributed by atoms with Crippen molar-refractivity contribution in [1.29, 1.82) is 5.41 Å². The fourth-order valence-corrected chi connectivity index (χ4v) is 4.63. The molecular weight excluding hydrogens is 483 g/mol. The van der Waals surface area contributed by atoms with Crippen LogP contribution in [0.25, 0.3) is 0 Å². The molecule has 1 saturated heterocycles. The largest absolute Gasteiger partial charge is 0.398 e. The van der Waals surface area contributed by atoms with Crippen molar-refractivity contribution in [3.8, 4) is 0 Å². The number of nitrogens with two attached hydrogens (primary N) is 2. The van der Waals surface area contributed by atoms with Crippen molar-refractivity contribution in [3.05, 3.63) is 89.2 Å². The van der Waals surface area contributed by atoms with E-state index in [1.54, 1.807) is 41.6 Å². The molecular formula is C28H35N6O2P. The van der Waals surface area contributed by atoms with Gasteiger partial charge in [-0.25, -0.2) is 0 Å². The number of aromatic nitrogens is 1. The predicted molar refractivity (Wildman–Crippen MR) is 152 cm³/mol. The number of anilines is 1. The second-order valence-corrected chi connectivity index (χ2v) is 9.76. The molecule has 1 fully saturated rings. The van der Waals surface area contributed by atoms with E-state index in [2.05, 4.69) is 31.3 Å². The number of hydrogen-bond donors (Lipinski definition) is 3. The molecule has 0 radical (unpaired) electrons. The van der Waals surface area contributed by atoms with Crippen LogP contribution in [0, 0.1) is 5.41 Å². The molecule has 2 amide bonds. The van der Waals surface area contributed by atoms with Gasteiger partial charge in [0.1, 0.15) is 6.04 Å². The van der Waals surface area contributed by atoms with Gasteiger partial charge in [-0.2, -0.15) is 0 Å². The van der Waals surface area contributed by atoms with Gasteiger partial charge in [-0.05, 0) is 67.1 Å². The number of carbonyl (C=O) groups is 2. The second-order valence-electron chi connectivity index (χ2n) is 9.14. The van der Waals surface area contributed by atoms with Crippen LogP contribution in [0.3, 0.4) is 0 Å². The van der Waals surface area contributed by atoms with Gasteiger partial charge in [-0.15, -0.1) is 9.24 Å². The molecule has 194 valence electrons. The molecule has 1 aromatic heterocycles. The standard InChI is InChI=1S/C15H23N2OP.C13H12N4O/c1-16(2)15(18)14(17-10-6-3-7-11-17)12-8-4-5-9-13(12)19;14-11-2-1-9(13(16)18)7-10(11)12(15)8-3-5-17-6-4-8/h4-5,8-9,14H,3,6-7,10-11,19H2,1-2H3;1-7,15H,14H2,(H2,16,18). The Morgan fingerprint density at radius 3 is 2.24 bits per heavy atom. The van der Waals surface area contributed by atoms with Gasteiger partial charge in [0.15, 0.2) is 0 Å². The lowest BCUT2D eigenvalue weighted by Crippen LogP contribution is -2.43. The monoisotopic (exact) mass is 518 g/mol. The van der Waals surface area contributed by atoms with E-state index in [9.17, 15) is 9.59 Å². The quantitative estimate of drug-likeness (QED) is 0.262. The summed E-state index contributed by atoms with van der Waals surface area (Å²) in [6.45, 7) is 2.03. The number of nitrogens with zero attached hydrogens (tertiary/aromatic N) is 3. The van der Waals surface area contributed by atoms with Crippen molar-refractivity contribution in [2.75, 3.05) is 32.9 Å². The number of primary amides is 1. The Bertz CT molecular complexity index is 1240. The van der Waals surface area contributed by atoms with Crippen molar-refractivity contribution in [1.82, 2.24) is 14.8 Å². The maximum Gasteiger partial charge on any atom is 0.248 e. The van der Waals surface area contributed by atoms with Gasteiger partial charge in [0.2, 0.25) is 11.8 Å². The zero-order valence-electron chi connectivity index (χ0n) is 21.4. The summed E-state index contributed by atoms with van der Waals surface area (Å²) in [4.78, 5) is 31.6. The first-order valence-corrected chi connectivity index (χ1v) is 12.8. The van der Waals surface area contributed by atoms with Gasteiger partial charge in [-0.1, -0.05) is 30.7 Å². The van der Waals surface area contributed by atoms with Gasteiger partial charge in [-0.3, -0.25) is 24.9 Å². The van der Waals surface area contributed by atoms with E-state index in [0.717, 1.165) is 24.0 Å². The Hall–Kier alpha value is -3.61. The summed E-state index contributed by atoms with van der Waals surface area (Å²) in [6, 6.07) is 16.1. The molecule has 0 bridgehead atoms. The molecule has 2 atom stereocenters. The zero-order valence-corrected chi connectivity index (χ0v) is 22.5. The van der Waals surface area contributed by atoms with Crippen LogP contribution in [-0.4, -0.2) is 59.5 Å². The van der Waals surface area contributed by atoms with Crippen LogP contribution in [0.4, 0.5) is 5.69 Å². The number of carbonyl (C=O) groups excluding carboxylic acids is 2. The molecule has 1 aliphatic rings. The van der Waals surface area contributed by atoms with E-state index < -0.39 is 5.91 Å². The van der Waals surface area contributed by atoms with Crippen LogP contribution in [0.1, 0.15) is 52.4 Å². The first-order valence-electron chi connectivity index (χ1n) is 12.2. The predicted octanol–water partition coefficient (Wildman–Crippen LogP) is 2.98. The van der Waals surface area contributed by atoms with Gasteiger partial charge >= 0.3 is 0 Å². The Balaban J connectivity index is 0.000000206. The molecule has 2 aromatic carbocycles. The van der Waals surface area contributed by atoms with E-state index in [4.69, 9.17) is 16.9 Å².